The summed E-state index contributed by atoms with van der Waals surface area (Å²) in [5.41, 5.74) is 0. The molecular weight excluding hydrogens is 800 g/mol. The summed E-state index contributed by atoms with van der Waals surface area (Å²) in [5.74, 6) is -80.9. The van der Waals surface area contributed by atoms with Crippen molar-refractivity contribution in [2.75, 3.05) is 0 Å². The number of hydrogen-bond acceptors (Lipinski definition) is 4. The van der Waals surface area contributed by atoms with Gasteiger partial charge in [-0.1, -0.05) is 0 Å². The van der Waals surface area contributed by atoms with Crippen molar-refractivity contribution in [3.63, 3.8) is 0 Å². The Morgan fingerprint density at radius 1 is 0.521 bits per heavy atom. The molecule has 0 saturated heterocycles. The van der Waals surface area contributed by atoms with Crippen LogP contribution >= 0.6 is 0 Å². The summed E-state index contributed by atoms with van der Waals surface area (Å²) in [5, 5.41) is -5.63. The van der Waals surface area contributed by atoms with Crippen LogP contribution < -0.4 is 56.1 Å². The molecule has 0 aliphatic rings. The molecule has 2 aromatic rings. The van der Waals surface area contributed by atoms with Gasteiger partial charge in [-0.25, -0.2) is 30.4 Å². The standard InChI is InChI=1S/C19HF23O4S.K/c20-3-1-2(5(22)7(24)6(3)23)10(47(43,44)45)9(8(25)4(1)21)46-12(27)11(26)13(28,29)14(30,31)15(32,33)16(34,35)17(36,37)18(38,39)19(40,41)42;/h(H,43,44,45);/q;+1/p-1. The van der Waals surface area contributed by atoms with E-state index in [1.807, 2.05) is 0 Å². The minimum absolute atomic E-state index is 0. The van der Waals surface area contributed by atoms with Gasteiger partial charge in [-0.2, -0.15) is 79.0 Å². The Morgan fingerprint density at radius 2 is 0.854 bits per heavy atom. The number of hydrogen-bond donors (Lipinski definition) is 0. The molecule has 48 heavy (non-hydrogen) atoms. The number of ether oxygens (including phenoxy) is 1. The maximum atomic E-state index is 14.4. The molecule has 4 nitrogen and oxygen atoms in total. The first-order valence-electron chi connectivity index (χ1n) is 10.2. The van der Waals surface area contributed by atoms with E-state index in [2.05, 4.69) is 4.74 Å². The van der Waals surface area contributed by atoms with E-state index in [4.69, 9.17) is 0 Å². The normalized spacial score (nSPS) is 15.0. The third kappa shape index (κ3) is 6.10. The van der Waals surface area contributed by atoms with Crippen LogP contribution in [0.3, 0.4) is 0 Å². The average molecular weight is 800 g/mol. The van der Waals surface area contributed by atoms with Crippen molar-refractivity contribution in [3.05, 3.63) is 46.7 Å². The Labute approximate surface area is 288 Å². The second-order valence-electron chi connectivity index (χ2n) is 8.38. The summed E-state index contributed by atoms with van der Waals surface area (Å²) in [4.78, 5) is -3.29. The zero-order valence-electron chi connectivity index (χ0n) is 21.2. The second kappa shape index (κ2) is 12.7. The zero-order valence-corrected chi connectivity index (χ0v) is 25.2. The third-order valence-electron chi connectivity index (χ3n) is 5.53. The van der Waals surface area contributed by atoms with Gasteiger partial charge < -0.3 is 9.29 Å². The van der Waals surface area contributed by atoms with E-state index in [9.17, 15) is 114 Å². The van der Waals surface area contributed by atoms with Gasteiger partial charge in [0.15, 0.2) is 34.8 Å². The van der Waals surface area contributed by atoms with Gasteiger partial charge in [0, 0.05) is 5.39 Å². The van der Waals surface area contributed by atoms with E-state index in [0.717, 1.165) is 0 Å². The molecule has 0 aliphatic heterocycles. The zero-order chi connectivity index (χ0) is 37.6. The number of rotatable bonds is 9. The molecule has 0 aliphatic carbocycles. The quantitative estimate of drug-likeness (QED) is 0.0847. The SMILES string of the molecule is O=S(=O)([O-])c1c(OC(F)=C(F)C(F)(F)C(F)(F)C(F)(F)C(F)(F)C(F)(F)C(F)(F)C(F)(F)F)c(F)c(F)c2c(F)c(F)c(F)c(F)c12.[K+]. The molecule has 29 heteroatoms. The second-order valence-corrected chi connectivity index (χ2v) is 9.70. The molecule has 2 aromatic carbocycles. The maximum absolute atomic E-state index is 14.4. The van der Waals surface area contributed by atoms with Crippen LogP contribution in [0.5, 0.6) is 5.75 Å². The van der Waals surface area contributed by atoms with Crippen molar-refractivity contribution in [1.82, 2.24) is 0 Å². The first-order valence-corrected chi connectivity index (χ1v) is 11.6. The summed E-state index contributed by atoms with van der Waals surface area (Å²) in [7, 11) is -7.08. The van der Waals surface area contributed by atoms with E-state index >= 15 is 0 Å². The fourth-order valence-electron chi connectivity index (χ4n) is 3.17. The Hall–Kier alpha value is -1.82. The van der Waals surface area contributed by atoms with Gasteiger partial charge in [0.2, 0.25) is 11.6 Å². The van der Waals surface area contributed by atoms with Crippen molar-refractivity contribution in [2.45, 2.75) is 46.6 Å². The Morgan fingerprint density at radius 3 is 1.23 bits per heavy atom. The van der Waals surface area contributed by atoms with Crippen molar-refractivity contribution in [1.29, 1.82) is 0 Å². The molecule has 2 rings (SSSR count). The summed E-state index contributed by atoms with van der Waals surface area (Å²) in [6.45, 7) is 0. The minimum atomic E-state index is -9.04. The predicted octanol–water partition coefficient (Wildman–Crippen LogP) is 5.44. The Bertz CT molecular complexity index is 1770. The van der Waals surface area contributed by atoms with Gasteiger partial charge >= 0.3 is 99.1 Å². The fourth-order valence-corrected chi connectivity index (χ4v) is 3.97. The van der Waals surface area contributed by atoms with Crippen LogP contribution in [0, 0.1) is 34.9 Å². The van der Waals surface area contributed by atoms with Crippen molar-refractivity contribution in [3.8, 4) is 5.75 Å². The number of halogens is 23. The summed E-state index contributed by atoms with van der Waals surface area (Å²) in [6.07, 6.45) is -8.03. The molecule has 0 atom stereocenters. The monoisotopic (exact) mass is 800 g/mol. The van der Waals surface area contributed by atoms with Crippen LogP contribution in [0.4, 0.5) is 101 Å². The van der Waals surface area contributed by atoms with Crippen molar-refractivity contribution >= 4 is 20.9 Å². The molecule has 0 unspecified atom stereocenters. The van der Waals surface area contributed by atoms with Gasteiger partial charge in [0.05, 0.1) is 5.39 Å². The topological polar surface area (TPSA) is 66.4 Å². The predicted molar refractivity (Wildman–Crippen MR) is 97.3 cm³/mol. The van der Waals surface area contributed by atoms with Crippen molar-refractivity contribution in [2.24, 2.45) is 0 Å². The smallest absolute Gasteiger partial charge is 0.744 e. The van der Waals surface area contributed by atoms with Gasteiger partial charge in [-0.05, 0) is 0 Å². The molecule has 268 valence electrons. The van der Waals surface area contributed by atoms with E-state index in [-0.39, 0.29) is 51.4 Å². The number of allylic oxidation sites excluding steroid dienone is 1. The molecule has 0 N–H and O–H groups in total. The van der Waals surface area contributed by atoms with Gasteiger partial charge in [0.25, 0.3) is 0 Å². The molecule has 0 amide bonds. The average Bonchev–Trinajstić information content (AvgIpc) is 2.90. The van der Waals surface area contributed by atoms with Crippen LogP contribution in [0.2, 0.25) is 0 Å². The van der Waals surface area contributed by atoms with Crippen LogP contribution in [0.1, 0.15) is 0 Å². The maximum Gasteiger partial charge on any atom is 1.00 e. The fraction of sp³-hybridized carbons (Fsp3) is 0.368. The molecule has 0 spiro atoms. The first kappa shape index (κ1) is 44.2. The number of fused-ring (bicyclic) bond motifs is 1. The largest absolute Gasteiger partial charge is 1.00 e. The molecule has 0 fully saturated rings. The first-order chi connectivity index (χ1) is 20.5. The summed E-state index contributed by atoms with van der Waals surface area (Å²) < 4.78 is 348. The van der Waals surface area contributed by atoms with E-state index in [1.54, 1.807) is 0 Å². The van der Waals surface area contributed by atoms with Crippen LogP contribution in [-0.2, 0) is 10.1 Å². The van der Waals surface area contributed by atoms with E-state index in [1.165, 1.54) is 0 Å². The van der Waals surface area contributed by atoms with Crippen molar-refractivity contribution < 1.29 is 170 Å². The molecular formula is C19F23KO4S. The Balaban J connectivity index is 0.0000115. The number of alkyl halides is 15. The van der Waals surface area contributed by atoms with E-state index < -0.39 is 120 Å². The molecule has 0 bridgehead atoms. The molecule has 0 aromatic heterocycles. The molecule has 0 radical (unpaired) electrons. The summed E-state index contributed by atoms with van der Waals surface area (Å²) in [6, 6.07) is -4.66. The molecule has 0 saturated carbocycles. The Kier molecular flexibility index (Phi) is 11.7. The van der Waals surface area contributed by atoms with Gasteiger partial charge in [-0.3, -0.25) is 0 Å². The minimum Gasteiger partial charge on any atom is -0.744 e. The summed E-state index contributed by atoms with van der Waals surface area (Å²) >= 11 is 0. The van der Waals surface area contributed by atoms with E-state index in [0.29, 0.717) is 0 Å². The van der Waals surface area contributed by atoms with Gasteiger partial charge in [-0.15, -0.1) is 0 Å². The molecule has 0 heterocycles. The van der Waals surface area contributed by atoms with Crippen LogP contribution in [0.25, 0.3) is 10.8 Å². The van der Waals surface area contributed by atoms with Crippen LogP contribution in [-0.4, -0.2) is 54.7 Å². The van der Waals surface area contributed by atoms with Crippen LogP contribution in [0.15, 0.2) is 16.7 Å². The third-order valence-corrected chi connectivity index (χ3v) is 6.42. The number of benzene rings is 2. The van der Waals surface area contributed by atoms with Gasteiger partial charge in [0.1, 0.15) is 15.0 Å².